The van der Waals surface area contributed by atoms with Gasteiger partial charge in [0.05, 0.1) is 4.92 Å². The molecule has 15 heavy (non-hydrogen) atoms. The third-order valence-electron chi connectivity index (χ3n) is 2.60. The molecule has 0 bridgehead atoms. The topological polar surface area (TPSA) is 55.2 Å². The van der Waals surface area contributed by atoms with Crippen LogP contribution >= 0.6 is 11.6 Å². The molecule has 0 aliphatic carbocycles. The van der Waals surface area contributed by atoms with Crippen LogP contribution in [0.3, 0.4) is 0 Å². The summed E-state index contributed by atoms with van der Waals surface area (Å²) in [4.78, 5) is 10.1. The molecule has 0 saturated carbocycles. The van der Waals surface area contributed by atoms with E-state index in [-0.39, 0.29) is 10.7 Å². The van der Waals surface area contributed by atoms with Crippen LogP contribution in [0.25, 0.3) is 0 Å². The Bertz CT molecular complexity index is 391. The predicted molar refractivity (Wildman–Crippen MR) is 58.2 cm³/mol. The van der Waals surface area contributed by atoms with Gasteiger partial charge in [0.25, 0.3) is 5.69 Å². The quantitative estimate of drug-likeness (QED) is 0.634. The number of nitro benzene ring substituents is 1. The van der Waals surface area contributed by atoms with Crippen LogP contribution in [-0.2, 0) is 6.42 Å². The molecule has 5 heteroatoms. The minimum atomic E-state index is -0.461. The highest BCUT2D eigenvalue weighted by Crippen LogP contribution is 2.26. The van der Waals surface area contributed by atoms with E-state index in [1.54, 1.807) is 12.1 Å². The molecule has 0 amide bonds. The van der Waals surface area contributed by atoms with Crippen molar-refractivity contribution in [3.8, 4) is 0 Å². The van der Waals surface area contributed by atoms with Gasteiger partial charge >= 0.3 is 0 Å². The van der Waals surface area contributed by atoms with Gasteiger partial charge in [-0.3, -0.25) is 10.1 Å². The first-order valence-electron chi connectivity index (χ1n) is 4.80. The van der Waals surface area contributed by atoms with Gasteiger partial charge in [0.2, 0.25) is 0 Å². The van der Waals surface area contributed by atoms with Gasteiger partial charge in [-0.15, -0.1) is 0 Å². The van der Waals surface area contributed by atoms with E-state index in [1.165, 1.54) is 6.07 Å². The molecule has 80 valence electrons. The van der Waals surface area contributed by atoms with E-state index in [0.29, 0.717) is 5.92 Å². The maximum atomic E-state index is 10.5. The molecule has 0 unspecified atom stereocenters. The number of halogens is 1. The molecular formula is C10H11ClN2O2. The number of benzene rings is 1. The van der Waals surface area contributed by atoms with Crippen LogP contribution in [0, 0.1) is 16.0 Å². The van der Waals surface area contributed by atoms with Gasteiger partial charge in [-0.1, -0.05) is 17.7 Å². The Morgan fingerprint density at radius 3 is 2.73 bits per heavy atom. The second kappa shape index (κ2) is 4.16. The zero-order valence-corrected chi connectivity index (χ0v) is 8.83. The van der Waals surface area contributed by atoms with E-state index in [4.69, 9.17) is 11.6 Å². The molecule has 0 spiro atoms. The largest absolute Gasteiger partial charge is 0.316 e. The van der Waals surface area contributed by atoms with Gasteiger partial charge in [0.15, 0.2) is 0 Å². The number of hydrogen-bond donors (Lipinski definition) is 1. The summed E-state index contributed by atoms with van der Waals surface area (Å²) in [5, 5.41) is 13.9. The minimum Gasteiger partial charge on any atom is -0.316 e. The van der Waals surface area contributed by atoms with Crippen LogP contribution in [0.2, 0.25) is 5.02 Å². The van der Waals surface area contributed by atoms with Gasteiger partial charge in [0, 0.05) is 6.07 Å². The fraction of sp³-hybridized carbons (Fsp3) is 0.400. The summed E-state index contributed by atoms with van der Waals surface area (Å²) in [6, 6.07) is 4.95. The summed E-state index contributed by atoms with van der Waals surface area (Å²) in [7, 11) is 0. The molecular weight excluding hydrogens is 216 g/mol. The van der Waals surface area contributed by atoms with E-state index in [2.05, 4.69) is 5.32 Å². The standard InChI is InChI=1S/C10H11ClN2O2/c11-9-4-7(3-8-5-12-6-8)1-2-10(9)13(14)15/h1-2,4,8,12H,3,5-6H2. The van der Waals surface area contributed by atoms with Crippen molar-refractivity contribution in [3.05, 3.63) is 38.9 Å². The molecule has 1 aliphatic heterocycles. The number of nitrogens with one attached hydrogen (secondary N) is 1. The normalized spacial score (nSPS) is 16.1. The molecule has 0 aromatic heterocycles. The Hall–Kier alpha value is -1.13. The summed E-state index contributed by atoms with van der Waals surface area (Å²) in [5.74, 6) is 0.641. The van der Waals surface area contributed by atoms with Crippen molar-refractivity contribution < 1.29 is 4.92 Å². The Morgan fingerprint density at radius 1 is 1.53 bits per heavy atom. The first kappa shape index (κ1) is 10.4. The molecule has 1 heterocycles. The average Bonchev–Trinajstić information content (AvgIpc) is 2.11. The number of nitrogens with zero attached hydrogens (tertiary/aromatic N) is 1. The van der Waals surface area contributed by atoms with Crippen LogP contribution in [0.5, 0.6) is 0 Å². The lowest BCUT2D eigenvalue weighted by molar-refractivity contribution is -0.384. The lowest BCUT2D eigenvalue weighted by atomic mass is 9.94. The van der Waals surface area contributed by atoms with Crippen LogP contribution in [0.15, 0.2) is 18.2 Å². The zero-order valence-electron chi connectivity index (χ0n) is 8.07. The zero-order chi connectivity index (χ0) is 10.8. The van der Waals surface area contributed by atoms with E-state index < -0.39 is 4.92 Å². The van der Waals surface area contributed by atoms with Crippen molar-refractivity contribution in [2.24, 2.45) is 5.92 Å². The molecule has 0 atom stereocenters. The van der Waals surface area contributed by atoms with E-state index >= 15 is 0 Å². The number of rotatable bonds is 3. The number of nitro groups is 1. The van der Waals surface area contributed by atoms with Crippen LogP contribution in [0.4, 0.5) is 5.69 Å². The van der Waals surface area contributed by atoms with Crippen molar-refractivity contribution >= 4 is 17.3 Å². The first-order valence-corrected chi connectivity index (χ1v) is 5.18. The Kier molecular flexibility index (Phi) is 2.88. The molecule has 1 fully saturated rings. The van der Waals surface area contributed by atoms with Crippen molar-refractivity contribution in [2.75, 3.05) is 13.1 Å². The summed E-state index contributed by atoms with van der Waals surface area (Å²) >= 11 is 5.81. The van der Waals surface area contributed by atoms with Crippen LogP contribution in [0.1, 0.15) is 5.56 Å². The highest BCUT2D eigenvalue weighted by Gasteiger charge is 2.18. The second-order valence-corrected chi connectivity index (χ2v) is 4.18. The molecule has 1 aromatic carbocycles. The molecule has 1 N–H and O–H groups in total. The van der Waals surface area contributed by atoms with Crippen LogP contribution in [-0.4, -0.2) is 18.0 Å². The lowest BCUT2D eigenvalue weighted by Crippen LogP contribution is -2.43. The third kappa shape index (κ3) is 2.27. The van der Waals surface area contributed by atoms with Crippen molar-refractivity contribution in [2.45, 2.75) is 6.42 Å². The van der Waals surface area contributed by atoms with E-state index in [1.807, 2.05) is 0 Å². The first-order chi connectivity index (χ1) is 7.16. The smallest absolute Gasteiger partial charge is 0.287 e. The fourth-order valence-corrected chi connectivity index (χ4v) is 1.92. The van der Waals surface area contributed by atoms with Crippen molar-refractivity contribution in [1.29, 1.82) is 0 Å². The Balaban J connectivity index is 2.13. The summed E-state index contributed by atoms with van der Waals surface area (Å²) < 4.78 is 0. The SMILES string of the molecule is O=[N+]([O-])c1ccc(CC2CNC2)cc1Cl. The fourth-order valence-electron chi connectivity index (χ4n) is 1.65. The molecule has 1 saturated heterocycles. The predicted octanol–water partition coefficient (Wildman–Crippen LogP) is 2.01. The third-order valence-corrected chi connectivity index (χ3v) is 2.90. The summed E-state index contributed by atoms with van der Waals surface area (Å²) in [5.41, 5.74) is 1.05. The Labute approximate surface area is 92.4 Å². The minimum absolute atomic E-state index is 0.0212. The average molecular weight is 227 g/mol. The van der Waals surface area contributed by atoms with Gasteiger partial charge in [-0.2, -0.15) is 0 Å². The highest BCUT2D eigenvalue weighted by atomic mass is 35.5. The molecule has 4 nitrogen and oxygen atoms in total. The molecule has 2 rings (SSSR count). The van der Waals surface area contributed by atoms with Crippen molar-refractivity contribution in [1.82, 2.24) is 5.32 Å². The van der Waals surface area contributed by atoms with Crippen molar-refractivity contribution in [3.63, 3.8) is 0 Å². The summed E-state index contributed by atoms with van der Waals surface area (Å²) in [6.07, 6.45) is 0.935. The maximum absolute atomic E-state index is 10.5. The molecule has 0 radical (unpaired) electrons. The summed E-state index contributed by atoms with van der Waals surface area (Å²) in [6.45, 7) is 2.04. The van der Waals surface area contributed by atoms with Crippen LogP contribution < -0.4 is 5.32 Å². The highest BCUT2D eigenvalue weighted by molar-refractivity contribution is 6.32. The second-order valence-electron chi connectivity index (χ2n) is 3.77. The monoisotopic (exact) mass is 226 g/mol. The maximum Gasteiger partial charge on any atom is 0.287 e. The number of hydrogen-bond acceptors (Lipinski definition) is 3. The van der Waals surface area contributed by atoms with Gasteiger partial charge in [0.1, 0.15) is 5.02 Å². The van der Waals surface area contributed by atoms with Gasteiger partial charge < -0.3 is 5.32 Å². The van der Waals surface area contributed by atoms with E-state index in [9.17, 15) is 10.1 Å². The Morgan fingerprint density at radius 2 is 2.27 bits per heavy atom. The van der Waals surface area contributed by atoms with Gasteiger partial charge in [-0.25, -0.2) is 0 Å². The van der Waals surface area contributed by atoms with E-state index in [0.717, 1.165) is 25.1 Å². The molecule has 1 aromatic rings. The lowest BCUT2D eigenvalue weighted by Gasteiger charge is -2.27. The van der Waals surface area contributed by atoms with Gasteiger partial charge in [-0.05, 0) is 37.1 Å². The molecule has 1 aliphatic rings.